The standard InChI is InChI=1S/C19H28N4O2/c1-14-6-7-16(18(20)24)12-17(14)21-19(25)23-10-8-22(9-11-23)13-15-4-2-3-5-15/h6-7,12,15H,2-5,8-11,13H2,1H3,(H2,20,24)(H,21,25). The second-order valence-electron chi connectivity index (χ2n) is 7.26. The van der Waals surface area contributed by atoms with Crippen molar-refractivity contribution < 1.29 is 9.59 Å². The number of piperazine rings is 1. The maximum atomic E-state index is 12.5. The lowest BCUT2D eigenvalue weighted by atomic mass is 10.1. The number of urea groups is 1. The first-order valence-electron chi connectivity index (χ1n) is 9.21. The van der Waals surface area contributed by atoms with E-state index in [0.717, 1.165) is 37.7 Å². The molecule has 1 saturated carbocycles. The van der Waals surface area contributed by atoms with E-state index in [1.54, 1.807) is 18.2 Å². The van der Waals surface area contributed by atoms with Crippen LogP contribution in [0.5, 0.6) is 0 Å². The highest BCUT2D eigenvalue weighted by atomic mass is 16.2. The Kier molecular flexibility index (Phi) is 5.58. The molecular formula is C19H28N4O2. The topological polar surface area (TPSA) is 78.7 Å². The molecule has 3 N–H and O–H groups in total. The predicted octanol–water partition coefficient (Wildman–Crippen LogP) is 2.43. The van der Waals surface area contributed by atoms with E-state index < -0.39 is 5.91 Å². The zero-order valence-electron chi connectivity index (χ0n) is 15.0. The first-order chi connectivity index (χ1) is 12.0. The Bertz CT molecular complexity index is 632. The Morgan fingerprint density at radius 3 is 2.48 bits per heavy atom. The van der Waals surface area contributed by atoms with Crippen LogP contribution in [0.4, 0.5) is 10.5 Å². The van der Waals surface area contributed by atoms with E-state index >= 15 is 0 Å². The van der Waals surface area contributed by atoms with Crippen LogP contribution in [0.2, 0.25) is 0 Å². The van der Waals surface area contributed by atoms with Crippen molar-refractivity contribution in [2.75, 3.05) is 38.0 Å². The van der Waals surface area contributed by atoms with Crippen molar-refractivity contribution in [1.82, 2.24) is 9.80 Å². The molecule has 0 radical (unpaired) electrons. The molecule has 6 heteroatoms. The monoisotopic (exact) mass is 344 g/mol. The Balaban J connectivity index is 1.52. The van der Waals surface area contributed by atoms with Crippen molar-refractivity contribution in [3.8, 4) is 0 Å². The van der Waals surface area contributed by atoms with Gasteiger partial charge in [0, 0.05) is 44.0 Å². The Morgan fingerprint density at radius 2 is 1.84 bits per heavy atom. The lowest BCUT2D eigenvalue weighted by Gasteiger charge is -2.36. The van der Waals surface area contributed by atoms with Gasteiger partial charge in [-0.25, -0.2) is 4.79 Å². The number of nitrogens with one attached hydrogen (secondary N) is 1. The van der Waals surface area contributed by atoms with Crippen molar-refractivity contribution in [2.45, 2.75) is 32.6 Å². The maximum absolute atomic E-state index is 12.5. The minimum Gasteiger partial charge on any atom is -0.366 e. The molecule has 136 valence electrons. The third-order valence-corrected chi connectivity index (χ3v) is 5.41. The zero-order valence-corrected chi connectivity index (χ0v) is 15.0. The molecule has 3 amide bonds. The van der Waals surface area contributed by atoms with Gasteiger partial charge in [0.2, 0.25) is 5.91 Å². The first-order valence-corrected chi connectivity index (χ1v) is 9.21. The molecule has 1 aliphatic carbocycles. The summed E-state index contributed by atoms with van der Waals surface area (Å²) < 4.78 is 0. The molecule has 25 heavy (non-hydrogen) atoms. The minimum absolute atomic E-state index is 0.106. The van der Waals surface area contributed by atoms with E-state index in [0.29, 0.717) is 11.3 Å². The molecule has 0 spiro atoms. The molecule has 0 aromatic heterocycles. The summed E-state index contributed by atoms with van der Waals surface area (Å²) >= 11 is 0. The summed E-state index contributed by atoms with van der Waals surface area (Å²) in [5, 5.41) is 2.92. The van der Waals surface area contributed by atoms with Crippen LogP contribution in [-0.4, -0.2) is 54.5 Å². The molecule has 0 atom stereocenters. The molecule has 1 saturated heterocycles. The Labute approximate surface area is 149 Å². The molecule has 3 rings (SSSR count). The van der Waals surface area contributed by atoms with Crippen molar-refractivity contribution >= 4 is 17.6 Å². The summed E-state index contributed by atoms with van der Waals surface area (Å²) in [7, 11) is 0. The minimum atomic E-state index is -0.490. The molecule has 0 unspecified atom stereocenters. The number of hydrogen-bond donors (Lipinski definition) is 2. The van der Waals surface area contributed by atoms with Gasteiger partial charge in [-0.1, -0.05) is 18.9 Å². The smallest absolute Gasteiger partial charge is 0.321 e. The van der Waals surface area contributed by atoms with Gasteiger partial charge >= 0.3 is 6.03 Å². The first kappa shape index (κ1) is 17.7. The highest BCUT2D eigenvalue weighted by Gasteiger charge is 2.24. The number of nitrogens with two attached hydrogens (primary N) is 1. The van der Waals surface area contributed by atoms with Crippen LogP contribution in [0.25, 0.3) is 0 Å². The Morgan fingerprint density at radius 1 is 1.16 bits per heavy atom. The van der Waals surface area contributed by atoms with E-state index in [9.17, 15) is 9.59 Å². The maximum Gasteiger partial charge on any atom is 0.321 e. The van der Waals surface area contributed by atoms with Gasteiger partial charge in [-0.3, -0.25) is 9.69 Å². The average Bonchev–Trinajstić information content (AvgIpc) is 3.10. The number of aryl methyl sites for hydroxylation is 1. The molecule has 2 aliphatic rings. The molecule has 1 aromatic carbocycles. The predicted molar refractivity (Wildman–Crippen MR) is 98.7 cm³/mol. The molecule has 1 aliphatic heterocycles. The molecular weight excluding hydrogens is 316 g/mol. The number of carbonyl (C=O) groups is 2. The SMILES string of the molecule is Cc1ccc(C(N)=O)cc1NC(=O)N1CCN(CC2CCCC2)CC1. The van der Waals surface area contributed by atoms with Crippen LogP contribution in [0.3, 0.4) is 0 Å². The molecule has 1 heterocycles. The summed E-state index contributed by atoms with van der Waals surface area (Å²) in [6.07, 6.45) is 5.46. The zero-order chi connectivity index (χ0) is 17.8. The van der Waals surface area contributed by atoms with Crippen LogP contribution < -0.4 is 11.1 Å². The molecule has 2 fully saturated rings. The van der Waals surface area contributed by atoms with Gasteiger partial charge in [-0.2, -0.15) is 0 Å². The van der Waals surface area contributed by atoms with Gasteiger partial charge in [-0.15, -0.1) is 0 Å². The summed E-state index contributed by atoms with van der Waals surface area (Å²) in [6, 6.07) is 5.02. The lowest BCUT2D eigenvalue weighted by Crippen LogP contribution is -2.50. The number of carbonyl (C=O) groups excluding carboxylic acids is 2. The van der Waals surface area contributed by atoms with Gasteiger partial charge in [0.25, 0.3) is 0 Å². The van der Waals surface area contributed by atoms with E-state index in [1.165, 1.54) is 32.2 Å². The average molecular weight is 344 g/mol. The summed E-state index contributed by atoms with van der Waals surface area (Å²) in [6.45, 7) is 6.43. The van der Waals surface area contributed by atoms with Gasteiger partial charge in [0.15, 0.2) is 0 Å². The van der Waals surface area contributed by atoms with Gasteiger partial charge in [-0.05, 0) is 43.4 Å². The van der Waals surface area contributed by atoms with Gasteiger partial charge in [0.05, 0.1) is 0 Å². The van der Waals surface area contributed by atoms with Crippen LogP contribution in [0.1, 0.15) is 41.6 Å². The van der Waals surface area contributed by atoms with Gasteiger partial charge < -0.3 is 16.0 Å². The largest absolute Gasteiger partial charge is 0.366 e. The number of benzene rings is 1. The highest BCUT2D eigenvalue weighted by Crippen LogP contribution is 2.26. The van der Waals surface area contributed by atoms with Crippen LogP contribution in [0, 0.1) is 12.8 Å². The van der Waals surface area contributed by atoms with E-state index in [1.807, 2.05) is 11.8 Å². The van der Waals surface area contributed by atoms with Crippen molar-refractivity contribution in [3.05, 3.63) is 29.3 Å². The number of rotatable bonds is 4. The summed E-state index contributed by atoms with van der Waals surface area (Å²) in [5.41, 5.74) is 7.29. The number of nitrogens with zero attached hydrogens (tertiary/aromatic N) is 2. The van der Waals surface area contributed by atoms with Crippen LogP contribution in [0.15, 0.2) is 18.2 Å². The van der Waals surface area contributed by atoms with Crippen molar-refractivity contribution in [1.29, 1.82) is 0 Å². The fourth-order valence-corrected chi connectivity index (χ4v) is 3.80. The number of amides is 3. The third kappa shape index (κ3) is 4.51. The Hall–Kier alpha value is -2.08. The highest BCUT2D eigenvalue weighted by molar-refractivity contribution is 5.96. The fourth-order valence-electron chi connectivity index (χ4n) is 3.80. The third-order valence-electron chi connectivity index (χ3n) is 5.41. The lowest BCUT2D eigenvalue weighted by molar-refractivity contribution is 0.1000. The summed E-state index contributed by atoms with van der Waals surface area (Å²) in [4.78, 5) is 28.2. The van der Waals surface area contributed by atoms with E-state index in [-0.39, 0.29) is 6.03 Å². The summed E-state index contributed by atoms with van der Waals surface area (Å²) in [5.74, 6) is 0.357. The number of anilines is 1. The molecule has 6 nitrogen and oxygen atoms in total. The van der Waals surface area contributed by atoms with E-state index in [2.05, 4.69) is 10.2 Å². The van der Waals surface area contributed by atoms with Crippen LogP contribution in [-0.2, 0) is 0 Å². The number of primary amides is 1. The van der Waals surface area contributed by atoms with E-state index in [4.69, 9.17) is 5.73 Å². The molecule has 0 bridgehead atoms. The molecule has 1 aromatic rings. The number of hydrogen-bond acceptors (Lipinski definition) is 3. The quantitative estimate of drug-likeness (QED) is 0.880. The normalized spacial score (nSPS) is 19.2. The fraction of sp³-hybridized carbons (Fsp3) is 0.579. The second-order valence-corrected chi connectivity index (χ2v) is 7.26. The van der Waals surface area contributed by atoms with Crippen molar-refractivity contribution in [2.24, 2.45) is 11.7 Å². The second kappa shape index (κ2) is 7.87. The van der Waals surface area contributed by atoms with Crippen molar-refractivity contribution in [3.63, 3.8) is 0 Å². The van der Waals surface area contributed by atoms with Crippen LogP contribution >= 0.6 is 0 Å². The van der Waals surface area contributed by atoms with Gasteiger partial charge in [0.1, 0.15) is 0 Å².